The van der Waals surface area contributed by atoms with Gasteiger partial charge in [0.25, 0.3) is 5.91 Å². The Bertz CT molecular complexity index is 1170. The second-order valence-electron chi connectivity index (χ2n) is 7.12. The molecular formula is C26H23BrN2O4. The number of nitrogens with one attached hydrogen (secondary N) is 1. The van der Waals surface area contributed by atoms with E-state index in [9.17, 15) is 9.59 Å². The second-order valence-corrected chi connectivity index (χ2v) is 8.04. The number of hydrazone groups is 1. The number of carbonyl (C=O) groups is 2. The van der Waals surface area contributed by atoms with E-state index in [1.807, 2.05) is 37.3 Å². The number of nitrogens with zero attached hydrogens (tertiary/aromatic N) is 1. The highest BCUT2D eigenvalue weighted by atomic mass is 79.9. The van der Waals surface area contributed by atoms with Gasteiger partial charge in [0.15, 0.2) is 6.61 Å². The first-order chi connectivity index (χ1) is 16.0. The Morgan fingerprint density at radius 3 is 2.58 bits per heavy atom. The van der Waals surface area contributed by atoms with Gasteiger partial charge in [-0.05, 0) is 55.3 Å². The van der Waals surface area contributed by atoms with Gasteiger partial charge in [-0.3, -0.25) is 4.79 Å². The summed E-state index contributed by atoms with van der Waals surface area (Å²) in [6.45, 7) is 5.47. The summed E-state index contributed by atoms with van der Waals surface area (Å²) in [6, 6.07) is 19.7. The van der Waals surface area contributed by atoms with Crippen LogP contribution < -0.4 is 14.9 Å². The molecule has 0 aromatic heterocycles. The summed E-state index contributed by atoms with van der Waals surface area (Å²) < 4.78 is 11.9. The lowest BCUT2D eigenvalue weighted by molar-refractivity contribution is -0.123. The fourth-order valence-electron chi connectivity index (χ4n) is 2.88. The summed E-state index contributed by atoms with van der Waals surface area (Å²) in [5.74, 6) is 0.0284. The van der Waals surface area contributed by atoms with Crippen LogP contribution in [0.15, 0.2) is 89.0 Å². The lowest BCUT2D eigenvalue weighted by Gasteiger charge is -2.10. The van der Waals surface area contributed by atoms with Gasteiger partial charge in [0.1, 0.15) is 11.5 Å². The Morgan fingerprint density at radius 2 is 1.82 bits per heavy atom. The number of ether oxygens (including phenoxy) is 2. The van der Waals surface area contributed by atoms with E-state index in [1.165, 1.54) is 6.21 Å². The maximum Gasteiger partial charge on any atom is 0.343 e. The Kier molecular flexibility index (Phi) is 8.55. The number of rotatable bonds is 9. The molecule has 33 heavy (non-hydrogen) atoms. The van der Waals surface area contributed by atoms with Crippen LogP contribution in [-0.4, -0.2) is 24.7 Å². The molecule has 0 aliphatic rings. The van der Waals surface area contributed by atoms with Crippen molar-refractivity contribution in [1.82, 2.24) is 5.43 Å². The molecule has 3 aromatic rings. The normalized spacial score (nSPS) is 10.6. The highest BCUT2D eigenvalue weighted by Crippen LogP contribution is 2.23. The van der Waals surface area contributed by atoms with Crippen LogP contribution in [0, 0.1) is 6.92 Å². The summed E-state index contributed by atoms with van der Waals surface area (Å²) in [7, 11) is 0. The summed E-state index contributed by atoms with van der Waals surface area (Å²) in [5, 5.41) is 3.97. The van der Waals surface area contributed by atoms with E-state index < -0.39 is 11.9 Å². The van der Waals surface area contributed by atoms with Crippen molar-refractivity contribution in [3.63, 3.8) is 0 Å². The molecule has 0 radical (unpaired) electrons. The molecule has 0 spiro atoms. The predicted octanol–water partition coefficient (Wildman–Crippen LogP) is 5.23. The first kappa shape index (κ1) is 23.9. The van der Waals surface area contributed by atoms with Crippen LogP contribution in [0.4, 0.5) is 0 Å². The van der Waals surface area contributed by atoms with Crippen molar-refractivity contribution in [2.24, 2.45) is 5.10 Å². The smallest absolute Gasteiger partial charge is 0.343 e. The third kappa shape index (κ3) is 7.15. The molecule has 0 saturated carbocycles. The number of aryl methyl sites for hydroxylation is 1. The zero-order valence-electron chi connectivity index (χ0n) is 18.1. The maximum atomic E-state index is 12.5. The van der Waals surface area contributed by atoms with Crippen molar-refractivity contribution in [1.29, 1.82) is 0 Å². The van der Waals surface area contributed by atoms with Crippen molar-refractivity contribution >= 4 is 34.0 Å². The molecule has 1 amide bonds. The van der Waals surface area contributed by atoms with Crippen molar-refractivity contribution in [2.45, 2.75) is 13.3 Å². The van der Waals surface area contributed by atoms with Crippen molar-refractivity contribution < 1.29 is 19.1 Å². The Hall–Kier alpha value is -3.71. The first-order valence-corrected chi connectivity index (χ1v) is 11.0. The van der Waals surface area contributed by atoms with E-state index in [2.05, 4.69) is 33.0 Å². The van der Waals surface area contributed by atoms with Gasteiger partial charge in [0.2, 0.25) is 0 Å². The number of halogens is 1. The van der Waals surface area contributed by atoms with E-state index in [4.69, 9.17) is 9.47 Å². The molecule has 0 bridgehead atoms. The van der Waals surface area contributed by atoms with Gasteiger partial charge in [-0.1, -0.05) is 57.9 Å². The highest BCUT2D eigenvalue weighted by molar-refractivity contribution is 9.10. The quantitative estimate of drug-likeness (QED) is 0.141. The average molecular weight is 507 g/mol. The number of para-hydroxylation sites is 1. The molecule has 0 heterocycles. The summed E-state index contributed by atoms with van der Waals surface area (Å²) in [5.41, 5.74) is 5.37. The number of hydrogen-bond donors (Lipinski definition) is 1. The summed E-state index contributed by atoms with van der Waals surface area (Å²) in [6.07, 6.45) is 3.82. The SMILES string of the molecule is C=CCc1ccccc1OCC(=O)NN=Cc1cc(Br)ccc1OC(=O)c1ccc(C)cc1. The van der Waals surface area contributed by atoms with Gasteiger partial charge in [0, 0.05) is 10.0 Å². The minimum atomic E-state index is -0.484. The van der Waals surface area contributed by atoms with Gasteiger partial charge in [-0.2, -0.15) is 5.10 Å². The van der Waals surface area contributed by atoms with Crippen LogP contribution in [-0.2, 0) is 11.2 Å². The number of hydrogen-bond acceptors (Lipinski definition) is 5. The number of allylic oxidation sites excluding steroid dienone is 1. The number of benzene rings is 3. The topological polar surface area (TPSA) is 77.0 Å². The van der Waals surface area contributed by atoms with E-state index in [0.29, 0.717) is 29.0 Å². The molecule has 7 heteroatoms. The average Bonchev–Trinajstić information content (AvgIpc) is 2.81. The minimum Gasteiger partial charge on any atom is -0.483 e. The van der Waals surface area contributed by atoms with Crippen molar-refractivity contribution in [3.8, 4) is 11.5 Å². The van der Waals surface area contributed by atoms with Crippen LogP contribution in [0.5, 0.6) is 11.5 Å². The van der Waals surface area contributed by atoms with E-state index in [-0.39, 0.29) is 6.61 Å². The molecule has 0 fully saturated rings. The number of esters is 1. The van der Waals surface area contributed by atoms with Gasteiger partial charge >= 0.3 is 5.97 Å². The molecule has 0 aliphatic carbocycles. The highest BCUT2D eigenvalue weighted by Gasteiger charge is 2.12. The predicted molar refractivity (Wildman–Crippen MR) is 132 cm³/mol. The molecule has 1 N–H and O–H groups in total. The van der Waals surface area contributed by atoms with Gasteiger partial charge in [-0.15, -0.1) is 6.58 Å². The minimum absolute atomic E-state index is 0.195. The summed E-state index contributed by atoms with van der Waals surface area (Å²) in [4.78, 5) is 24.6. The van der Waals surface area contributed by atoms with Crippen LogP contribution in [0.25, 0.3) is 0 Å². The molecule has 6 nitrogen and oxygen atoms in total. The van der Waals surface area contributed by atoms with E-state index in [1.54, 1.807) is 42.5 Å². The van der Waals surface area contributed by atoms with Crippen molar-refractivity contribution in [3.05, 3.63) is 106 Å². The fraction of sp³-hybridized carbons (Fsp3) is 0.115. The first-order valence-electron chi connectivity index (χ1n) is 10.2. The van der Waals surface area contributed by atoms with E-state index in [0.717, 1.165) is 15.6 Å². The zero-order chi connectivity index (χ0) is 23.6. The molecule has 168 valence electrons. The third-order valence-corrected chi connectivity index (χ3v) is 5.04. The third-order valence-electron chi connectivity index (χ3n) is 4.55. The number of carbonyl (C=O) groups excluding carboxylic acids is 2. The zero-order valence-corrected chi connectivity index (χ0v) is 19.7. The second kappa shape index (κ2) is 11.8. The Morgan fingerprint density at radius 1 is 1.06 bits per heavy atom. The standard InChI is InChI=1S/C26H23BrN2O4/c1-3-6-19-7-4-5-8-23(19)32-17-25(30)29-28-16-21-15-22(27)13-14-24(21)33-26(31)20-11-9-18(2)10-12-20/h3-5,7-16H,1,6,17H2,2H3,(H,29,30). The lowest BCUT2D eigenvalue weighted by Crippen LogP contribution is -2.24. The van der Waals surface area contributed by atoms with Crippen molar-refractivity contribution in [2.75, 3.05) is 6.61 Å². The van der Waals surface area contributed by atoms with Crippen LogP contribution >= 0.6 is 15.9 Å². The lowest BCUT2D eigenvalue weighted by atomic mass is 10.1. The molecule has 0 unspecified atom stereocenters. The molecule has 0 saturated heterocycles. The fourth-order valence-corrected chi connectivity index (χ4v) is 3.26. The van der Waals surface area contributed by atoms with E-state index >= 15 is 0 Å². The Balaban J connectivity index is 1.62. The Labute approximate surface area is 201 Å². The molecular weight excluding hydrogens is 484 g/mol. The molecule has 3 rings (SSSR count). The maximum absolute atomic E-state index is 12.5. The largest absolute Gasteiger partial charge is 0.483 e. The number of amides is 1. The van der Waals surface area contributed by atoms with Crippen LogP contribution in [0.1, 0.15) is 27.0 Å². The van der Waals surface area contributed by atoms with Gasteiger partial charge in [-0.25, -0.2) is 10.2 Å². The van der Waals surface area contributed by atoms with Crippen LogP contribution in [0.2, 0.25) is 0 Å². The molecule has 0 aliphatic heterocycles. The van der Waals surface area contributed by atoms with Crippen LogP contribution in [0.3, 0.4) is 0 Å². The van der Waals surface area contributed by atoms with Gasteiger partial charge < -0.3 is 9.47 Å². The molecule has 3 aromatic carbocycles. The summed E-state index contributed by atoms with van der Waals surface area (Å²) >= 11 is 3.39. The van der Waals surface area contributed by atoms with Gasteiger partial charge in [0.05, 0.1) is 11.8 Å². The monoisotopic (exact) mass is 506 g/mol. The molecule has 0 atom stereocenters.